The fourth-order valence-corrected chi connectivity index (χ4v) is 2.93. The average molecular weight is 343 g/mol. The number of nitrogens with one attached hydrogen (secondary N) is 1. The largest absolute Gasteiger partial charge is 0.387 e. The van der Waals surface area contributed by atoms with E-state index < -0.39 is 0 Å². The number of benzene rings is 2. The van der Waals surface area contributed by atoms with Crippen LogP contribution in [0.1, 0.15) is 18.1 Å². The first-order valence-corrected chi connectivity index (χ1v) is 8.39. The minimum atomic E-state index is -0.245. The molecule has 4 rings (SSSR count). The summed E-state index contributed by atoms with van der Waals surface area (Å²) in [6.07, 6.45) is 3.70. The number of hydrogen-bond acceptors (Lipinski definition) is 4. The van der Waals surface area contributed by atoms with Crippen molar-refractivity contribution in [3.63, 3.8) is 0 Å². The Morgan fingerprint density at radius 1 is 0.962 bits per heavy atom. The summed E-state index contributed by atoms with van der Waals surface area (Å²) in [5, 5.41) is 6.94. The summed E-state index contributed by atoms with van der Waals surface area (Å²) in [7, 11) is 0. The molecule has 0 spiro atoms. The molecule has 1 aliphatic rings. The minimum absolute atomic E-state index is 0.215. The summed E-state index contributed by atoms with van der Waals surface area (Å²) in [5.74, 6) is -0.245. The molecule has 1 atom stereocenters. The first-order valence-electron chi connectivity index (χ1n) is 8.39. The molecule has 0 saturated carbocycles. The predicted molar refractivity (Wildman–Crippen MR) is 101 cm³/mol. The molecule has 3 aromatic rings. The van der Waals surface area contributed by atoms with E-state index in [2.05, 4.69) is 15.5 Å². The van der Waals surface area contributed by atoms with Gasteiger partial charge in [-0.25, -0.2) is 0 Å². The number of para-hydroxylation sites is 1. The Balaban J connectivity index is 1.50. The van der Waals surface area contributed by atoms with Gasteiger partial charge in [0.1, 0.15) is 5.71 Å². The van der Waals surface area contributed by atoms with Gasteiger partial charge in [-0.3, -0.25) is 9.78 Å². The molecule has 1 aliphatic heterocycles. The van der Waals surface area contributed by atoms with Crippen LogP contribution in [0.15, 0.2) is 84.3 Å². The van der Waals surface area contributed by atoms with Crippen LogP contribution >= 0.6 is 0 Å². The maximum absolute atomic E-state index is 12.6. The highest BCUT2D eigenvalue weighted by Crippen LogP contribution is 2.29. The van der Waals surface area contributed by atoms with Gasteiger partial charge >= 0.3 is 0 Å². The van der Waals surface area contributed by atoms with E-state index in [1.807, 2.05) is 66.7 Å². The third kappa shape index (κ3) is 3.32. The summed E-state index contributed by atoms with van der Waals surface area (Å²) in [6, 6.07) is 21.3. The zero-order valence-electron chi connectivity index (χ0n) is 14.0. The molecule has 26 heavy (non-hydrogen) atoms. The van der Waals surface area contributed by atoms with E-state index in [4.69, 9.17) is 4.84 Å². The number of nitrogens with zero attached hydrogens (tertiary/aromatic N) is 2. The van der Waals surface area contributed by atoms with Crippen molar-refractivity contribution >= 4 is 17.3 Å². The van der Waals surface area contributed by atoms with Gasteiger partial charge in [0.05, 0.1) is 0 Å². The van der Waals surface area contributed by atoms with Crippen LogP contribution in [0.4, 0.5) is 5.69 Å². The Hall–Kier alpha value is -3.47. The molecule has 0 radical (unpaired) electrons. The fraction of sp³-hybridized carbons (Fsp3) is 0.0952. The topological polar surface area (TPSA) is 63.6 Å². The van der Waals surface area contributed by atoms with Crippen LogP contribution in [-0.4, -0.2) is 16.6 Å². The second kappa shape index (κ2) is 7.19. The van der Waals surface area contributed by atoms with Crippen LogP contribution in [0.25, 0.3) is 11.1 Å². The Bertz CT molecular complexity index is 940. The molecule has 1 amide bonds. The number of rotatable bonds is 4. The smallest absolute Gasteiger partial charge is 0.273 e. The van der Waals surface area contributed by atoms with Crippen molar-refractivity contribution in [2.24, 2.45) is 5.16 Å². The summed E-state index contributed by atoms with van der Waals surface area (Å²) in [6.45, 7) is 0. The minimum Gasteiger partial charge on any atom is -0.387 e. The number of carbonyl (C=O) groups excluding carboxylic acids is 1. The van der Waals surface area contributed by atoms with E-state index in [1.54, 1.807) is 12.4 Å². The maximum atomic E-state index is 12.6. The van der Waals surface area contributed by atoms with Gasteiger partial charge in [0.15, 0.2) is 6.10 Å². The van der Waals surface area contributed by atoms with E-state index in [1.165, 1.54) is 0 Å². The van der Waals surface area contributed by atoms with E-state index in [0.717, 1.165) is 22.4 Å². The van der Waals surface area contributed by atoms with Crippen LogP contribution in [-0.2, 0) is 9.63 Å². The fourth-order valence-electron chi connectivity index (χ4n) is 2.93. The number of anilines is 1. The third-order valence-electron chi connectivity index (χ3n) is 4.27. The second-order valence-corrected chi connectivity index (χ2v) is 5.98. The van der Waals surface area contributed by atoms with Gasteiger partial charge < -0.3 is 10.2 Å². The van der Waals surface area contributed by atoms with E-state index in [0.29, 0.717) is 12.1 Å². The number of amides is 1. The summed E-state index contributed by atoms with van der Waals surface area (Å²) in [5.41, 5.74) is 4.05. The summed E-state index contributed by atoms with van der Waals surface area (Å²) < 4.78 is 0. The van der Waals surface area contributed by atoms with Crippen molar-refractivity contribution < 1.29 is 9.63 Å². The van der Waals surface area contributed by atoms with Gasteiger partial charge in [0.25, 0.3) is 5.91 Å². The molecule has 1 aromatic heterocycles. The number of oxime groups is 1. The van der Waals surface area contributed by atoms with Crippen LogP contribution in [0, 0.1) is 0 Å². The summed E-state index contributed by atoms with van der Waals surface area (Å²) in [4.78, 5) is 22.1. The lowest BCUT2D eigenvalue weighted by molar-refractivity contribution is -0.110. The van der Waals surface area contributed by atoms with Crippen LogP contribution < -0.4 is 5.32 Å². The monoisotopic (exact) mass is 343 g/mol. The standard InChI is InChI=1S/C21H17N3O2/c25-21(19-14-20(26-24-19)16-6-2-1-3-7-16)23-18-9-5-4-8-17(18)15-10-12-22-13-11-15/h1-13,20H,14H2,(H,23,25)/t20-/m1/s1. The van der Waals surface area contributed by atoms with Gasteiger partial charge in [0, 0.05) is 30.1 Å². The molecule has 0 saturated heterocycles. The number of hydrogen-bond donors (Lipinski definition) is 1. The predicted octanol–water partition coefficient (Wildman–Crippen LogP) is 4.20. The zero-order chi connectivity index (χ0) is 17.8. The molecule has 0 fully saturated rings. The lowest BCUT2D eigenvalue weighted by Crippen LogP contribution is -2.22. The molecule has 2 aromatic carbocycles. The lowest BCUT2D eigenvalue weighted by Gasteiger charge is -2.11. The molecule has 0 unspecified atom stereocenters. The molecule has 5 heteroatoms. The van der Waals surface area contributed by atoms with Crippen LogP contribution in [0.2, 0.25) is 0 Å². The highest BCUT2D eigenvalue weighted by atomic mass is 16.6. The average Bonchev–Trinajstić information content (AvgIpc) is 3.20. The SMILES string of the molecule is O=C(Nc1ccccc1-c1ccncc1)C1=NO[C@@H](c2ccccc2)C1. The molecule has 2 heterocycles. The van der Waals surface area contributed by atoms with Crippen LogP contribution in [0.5, 0.6) is 0 Å². The Morgan fingerprint density at radius 2 is 1.69 bits per heavy atom. The summed E-state index contributed by atoms with van der Waals surface area (Å²) >= 11 is 0. The van der Waals surface area contributed by atoms with Crippen LogP contribution in [0.3, 0.4) is 0 Å². The quantitative estimate of drug-likeness (QED) is 0.772. The number of aromatic nitrogens is 1. The second-order valence-electron chi connectivity index (χ2n) is 5.98. The first kappa shape index (κ1) is 16.0. The van der Waals surface area contributed by atoms with E-state index >= 15 is 0 Å². The molecule has 0 bridgehead atoms. The van der Waals surface area contributed by atoms with Gasteiger partial charge in [-0.1, -0.05) is 53.7 Å². The maximum Gasteiger partial charge on any atom is 0.273 e. The molecule has 0 aliphatic carbocycles. The van der Waals surface area contributed by atoms with E-state index in [9.17, 15) is 4.79 Å². The van der Waals surface area contributed by atoms with Crippen molar-refractivity contribution in [3.05, 3.63) is 84.7 Å². The zero-order valence-corrected chi connectivity index (χ0v) is 14.0. The van der Waals surface area contributed by atoms with Crippen molar-refractivity contribution in [2.75, 3.05) is 5.32 Å². The Morgan fingerprint density at radius 3 is 2.50 bits per heavy atom. The molecular formula is C21H17N3O2. The lowest BCUT2D eigenvalue weighted by atomic mass is 10.0. The van der Waals surface area contributed by atoms with Gasteiger partial charge in [0.2, 0.25) is 0 Å². The highest BCUT2D eigenvalue weighted by Gasteiger charge is 2.27. The molecule has 1 N–H and O–H groups in total. The van der Waals surface area contributed by atoms with E-state index in [-0.39, 0.29) is 12.0 Å². The number of pyridine rings is 1. The Kier molecular flexibility index (Phi) is 4.43. The van der Waals surface area contributed by atoms with Crippen molar-refractivity contribution in [3.8, 4) is 11.1 Å². The van der Waals surface area contributed by atoms with Gasteiger partial charge in [-0.2, -0.15) is 0 Å². The van der Waals surface area contributed by atoms with Gasteiger partial charge in [-0.15, -0.1) is 0 Å². The highest BCUT2D eigenvalue weighted by molar-refractivity contribution is 6.43. The normalized spacial score (nSPS) is 15.8. The number of carbonyl (C=O) groups is 1. The van der Waals surface area contributed by atoms with Crippen molar-refractivity contribution in [1.82, 2.24) is 4.98 Å². The third-order valence-corrected chi connectivity index (χ3v) is 4.27. The van der Waals surface area contributed by atoms with Crippen molar-refractivity contribution in [1.29, 1.82) is 0 Å². The molecular weight excluding hydrogens is 326 g/mol. The molecule has 128 valence electrons. The van der Waals surface area contributed by atoms with Gasteiger partial charge in [-0.05, 0) is 29.3 Å². The Labute approximate surface area is 151 Å². The molecule has 5 nitrogen and oxygen atoms in total. The van der Waals surface area contributed by atoms with Crippen molar-refractivity contribution in [2.45, 2.75) is 12.5 Å². The first-order chi connectivity index (χ1) is 12.8.